The summed E-state index contributed by atoms with van der Waals surface area (Å²) in [7, 11) is 0. The molecule has 0 radical (unpaired) electrons. The Balaban J connectivity index is 1.48. The molecule has 4 aromatic carbocycles. The number of halogens is 2. The van der Waals surface area contributed by atoms with Crippen molar-refractivity contribution in [2.75, 3.05) is 6.54 Å². The van der Waals surface area contributed by atoms with Crippen LogP contribution in [0.3, 0.4) is 0 Å². The van der Waals surface area contributed by atoms with Crippen molar-refractivity contribution in [2.24, 2.45) is 0 Å². The molecule has 0 unspecified atom stereocenters. The van der Waals surface area contributed by atoms with Gasteiger partial charge in [0.25, 0.3) is 5.91 Å². The number of carbonyl (C=O) groups is 2. The number of amides is 1. The van der Waals surface area contributed by atoms with E-state index >= 15 is 0 Å². The molecular formula is C30H23Cl2N3O4. The third-order valence-electron chi connectivity index (χ3n) is 6.03. The van der Waals surface area contributed by atoms with Gasteiger partial charge < -0.3 is 15.2 Å². The number of aromatic nitrogens is 2. The van der Waals surface area contributed by atoms with E-state index in [1.165, 1.54) is 5.56 Å². The molecule has 0 aliphatic carbocycles. The van der Waals surface area contributed by atoms with E-state index in [4.69, 9.17) is 38.1 Å². The van der Waals surface area contributed by atoms with Crippen molar-refractivity contribution in [3.05, 3.63) is 106 Å². The van der Waals surface area contributed by atoms with E-state index in [9.17, 15) is 9.59 Å². The highest BCUT2D eigenvalue weighted by atomic mass is 35.5. The van der Waals surface area contributed by atoms with Crippen LogP contribution >= 0.6 is 23.2 Å². The summed E-state index contributed by atoms with van der Waals surface area (Å²) in [6.07, 6.45) is 1.61. The highest BCUT2D eigenvalue weighted by Gasteiger charge is 2.17. The number of hydrogen-bond donors (Lipinski definition) is 2. The first kappa shape index (κ1) is 26.3. The predicted octanol–water partition coefficient (Wildman–Crippen LogP) is 7.30. The molecule has 5 rings (SSSR count). The van der Waals surface area contributed by atoms with Gasteiger partial charge in [-0.2, -0.15) is 5.10 Å². The van der Waals surface area contributed by atoms with Crippen molar-refractivity contribution in [3.63, 3.8) is 0 Å². The third kappa shape index (κ3) is 6.22. The Labute approximate surface area is 234 Å². The topological polar surface area (TPSA) is 93.5 Å². The Morgan fingerprint density at radius 3 is 2.33 bits per heavy atom. The highest BCUT2D eigenvalue weighted by Crippen LogP contribution is 2.35. The maximum Gasteiger partial charge on any atom is 0.305 e. The van der Waals surface area contributed by atoms with Gasteiger partial charge in [0.1, 0.15) is 11.4 Å². The minimum Gasteiger partial charge on any atom is -0.481 e. The second-order valence-electron chi connectivity index (χ2n) is 9.01. The van der Waals surface area contributed by atoms with Crippen molar-refractivity contribution < 1.29 is 19.4 Å². The lowest BCUT2D eigenvalue weighted by Gasteiger charge is -2.08. The van der Waals surface area contributed by atoms with Crippen LogP contribution in [-0.2, 0) is 4.79 Å². The van der Waals surface area contributed by atoms with E-state index < -0.39 is 5.97 Å². The molecule has 0 aliphatic heterocycles. The number of ether oxygens (including phenoxy) is 1. The van der Waals surface area contributed by atoms with Gasteiger partial charge in [0.05, 0.1) is 18.3 Å². The van der Waals surface area contributed by atoms with Crippen LogP contribution in [0.5, 0.6) is 11.5 Å². The largest absolute Gasteiger partial charge is 0.481 e. The number of nitrogens with zero attached hydrogens (tertiary/aromatic N) is 2. The van der Waals surface area contributed by atoms with E-state index in [1.807, 2.05) is 6.07 Å². The van der Waals surface area contributed by atoms with E-state index in [0.29, 0.717) is 38.5 Å². The number of carbonyl (C=O) groups excluding carboxylic acids is 1. The predicted molar refractivity (Wildman–Crippen MR) is 152 cm³/mol. The Hall–Kier alpha value is -4.33. The van der Waals surface area contributed by atoms with Gasteiger partial charge in [0.15, 0.2) is 5.75 Å². The number of nitrogens with one attached hydrogen (secondary N) is 1. The Morgan fingerprint density at radius 1 is 0.923 bits per heavy atom. The summed E-state index contributed by atoms with van der Waals surface area (Å²) in [5.74, 6) is -0.341. The summed E-state index contributed by atoms with van der Waals surface area (Å²) in [6.45, 7) is 2.11. The Bertz CT molecular complexity index is 1680. The molecule has 9 heteroatoms. The summed E-state index contributed by atoms with van der Waals surface area (Å²) in [5, 5.41) is 19.3. The fourth-order valence-electron chi connectivity index (χ4n) is 4.14. The first-order valence-corrected chi connectivity index (χ1v) is 12.9. The number of aryl methyl sites for hydroxylation is 1. The smallest absolute Gasteiger partial charge is 0.305 e. The van der Waals surface area contributed by atoms with Gasteiger partial charge in [0.2, 0.25) is 0 Å². The molecule has 0 spiro atoms. The molecule has 0 bridgehead atoms. The molecule has 1 aromatic heterocycles. The van der Waals surface area contributed by atoms with E-state index in [1.54, 1.807) is 53.3 Å². The molecule has 39 heavy (non-hydrogen) atoms. The second-order valence-corrected chi connectivity index (χ2v) is 9.88. The summed E-state index contributed by atoms with van der Waals surface area (Å²) in [4.78, 5) is 23.0. The molecule has 7 nitrogen and oxygen atoms in total. The van der Waals surface area contributed by atoms with Gasteiger partial charge in [-0.05, 0) is 66.2 Å². The summed E-state index contributed by atoms with van der Waals surface area (Å²) in [5.41, 5.74) is 3.72. The van der Waals surface area contributed by atoms with Crippen LogP contribution in [0.1, 0.15) is 22.3 Å². The standard InChI is InChI=1S/C30H23Cl2N3O4/c1-18-2-3-21-13-22(5-4-20(21)12-18)29-27(17-35(34-29)25-15-23(31)14-24(32)16-25)39-26-8-6-19(7-9-26)30(38)33-11-10-28(36)37/h2-9,12-17H,10-11H2,1H3,(H,33,38)(H,36,37). The molecule has 0 saturated heterocycles. The number of aliphatic carboxylic acids is 1. The quantitative estimate of drug-likeness (QED) is 0.208. The van der Waals surface area contributed by atoms with Gasteiger partial charge in [-0.3, -0.25) is 9.59 Å². The number of hydrogen-bond acceptors (Lipinski definition) is 4. The average molecular weight is 560 g/mol. The Morgan fingerprint density at radius 2 is 1.62 bits per heavy atom. The monoisotopic (exact) mass is 559 g/mol. The van der Waals surface area contributed by atoms with Gasteiger partial charge in [-0.25, -0.2) is 4.68 Å². The first-order valence-electron chi connectivity index (χ1n) is 12.1. The molecular weight excluding hydrogens is 537 g/mol. The van der Waals surface area contributed by atoms with Crippen LogP contribution in [0.15, 0.2) is 85.1 Å². The summed E-state index contributed by atoms with van der Waals surface area (Å²) < 4.78 is 7.91. The minimum absolute atomic E-state index is 0.0494. The summed E-state index contributed by atoms with van der Waals surface area (Å²) >= 11 is 12.5. The van der Waals surface area contributed by atoms with Crippen LogP contribution in [0, 0.1) is 6.92 Å². The van der Waals surface area contributed by atoms with Crippen molar-refractivity contribution in [1.29, 1.82) is 0 Å². The highest BCUT2D eigenvalue weighted by molar-refractivity contribution is 6.34. The van der Waals surface area contributed by atoms with Gasteiger partial charge in [0, 0.05) is 27.7 Å². The number of carboxylic acids is 1. The lowest BCUT2D eigenvalue weighted by atomic mass is 10.0. The van der Waals surface area contributed by atoms with Gasteiger partial charge >= 0.3 is 5.97 Å². The van der Waals surface area contributed by atoms with E-state index in [0.717, 1.165) is 16.3 Å². The van der Waals surface area contributed by atoms with Crippen molar-refractivity contribution in [3.8, 4) is 28.4 Å². The zero-order chi connectivity index (χ0) is 27.5. The zero-order valence-electron chi connectivity index (χ0n) is 20.8. The third-order valence-corrected chi connectivity index (χ3v) is 6.47. The fraction of sp³-hybridized carbons (Fsp3) is 0.100. The second kappa shape index (κ2) is 11.2. The number of carboxylic acid groups (broad SMARTS) is 1. The SMILES string of the molecule is Cc1ccc2cc(-c3nn(-c4cc(Cl)cc(Cl)c4)cc3Oc3ccc(C(=O)NCCC(=O)O)cc3)ccc2c1. The fourth-order valence-corrected chi connectivity index (χ4v) is 4.65. The molecule has 1 heterocycles. The molecule has 0 saturated carbocycles. The maximum absolute atomic E-state index is 12.3. The van der Waals surface area contributed by atoms with Gasteiger partial charge in [-0.15, -0.1) is 0 Å². The first-order chi connectivity index (χ1) is 18.7. The molecule has 196 valence electrons. The number of rotatable bonds is 8. The lowest BCUT2D eigenvalue weighted by molar-refractivity contribution is -0.136. The minimum atomic E-state index is -0.975. The van der Waals surface area contributed by atoms with Crippen LogP contribution in [-0.4, -0.2) is 33.3 Å². The molecule has 5 aromatic rings. The molecule has 0 atom stereocenters. The molecule has 2 N–H and O–H groups in total. The zero-order valence-corrected chi connectivity index (χ0v) is 22.3. The van der Waals surface area contributed by atoms with Crippen LogP contribution in [0.2, 0.25) is 10.0 Å². The van der Waals surface area contributed by atoms with Gasteiger partial charge in [-0.1, -0.05) is 59.1 Å². The van der Waals surface area contributed by atoms with Crippen LogP contribution < -0.4 is 10.1 Å². The average Bonchev–Trinajstić information content (AvgIpc) is 3.32. The van der Waals surface area contributed by atoms with Crippen molar-refractivity contribution in [1.82, 2.24) is 15.1 Å². The maximum atomic E-state index is 12.3. The van der Waals surface area contributed by atoms with E-state index in [-0.39, 0.29) is 18.9 Å². The normalized spacial score (nSPS) is 10.9. The van der Waals surface area contributed by atoms with Crippen molar-refractivity contribution >= 4 is 45.9 Å². The molecule has 0 aliphatic rings. The molecule has 0 fully saturated rings. The van der Waals surface area contributed by atoms with Crippen molar-refractivity contribution in [2.45, 2.75) is 13.3 Å². The van der Waals surface area contributed by atoms with Crippen LogP contribution in [0.4, 0.5) is 0 Å². The number of benzene rings is 4. The van der Waals surface area contributed by atoms with E-state index in [2.05, 4.69) is 42.6 Å². The Kier molecular flexibility index (Phi) is 7.54. The lowest BCUT2D eigenvalue weighted by Crippen LogP contribution is -2.25. The number of fused-ring (bicyclic) bond motifs is 1. The molecule has 1 amide bonds. The summed E-state index contributed by atoms with van der Waals surface area (Å²) in [6, 6.07) is 24.1. The van der Waals surface area contributed by atoms with Crippen LogP contribution in [0.25, 0.3) is 27.7 Å².